The van der Waals surface area contributed by atoms with E-state index >= 15 is 0 Å². The number of halogens is 2. The summed E-state index contributed by atoms with van der Waals surface area (Å²) in [4.78, 5) is 24.3. The monoisotopic (exact) mass is 364 g/mol. The van der Waals surface area contributed by atoms with E-state index in [1.807, 2.05) is 32.9 Å². The quantitative estimate of drug-likeness (QED) is 0.560. The molecule has 0 aromatic heterocycles. The summed E-state index contributed by atoms with van der Waals surface area (Å²) in [6.45, 7) is 5.50. The minimum absolute atomic E-state index is 0.0717. The molecule has 0 unspecified atom stereocenters. The molecule has 0 N–H and O–H groups in total. The van der Waals surface area contributed by atoms with Gasteiger partial charge in [0, 0.05) is 21.2 Å². The number of aryl methyl sites for hydroxylation is 3. The van der Waals surface area contributed by atoms with Crippen molar-refractivity contribution >= 4 is 35.0 Å². The maximum absolute atomic E-state index is 12.3. The summed E-state index contributed by atoms with van der Waals surface area (Å²) in [6.07, 6.45) is -0.0717. The van der Waals surface area contributed by atoms with Gasteiger partial charge in [-0.15, -0.1) is 0 Å². The SMILES string of the molecule is Cc1cc(C)c(C(=O)COC(=O)Cc2c(Cl)cccc2Cl)cc1C. The number of esters is 1. The fraction of sp³-hybridized carbons (Fsp3) is 0.263. The number of hydrogen-bond donors (Lipinski definition) is 0. The lowest BCUT2D eigenvalue weighted by Gasteiger charge is -2.10. The number of Topliss-reactive ketones (excluding diaryl/α,β-unsaturated/α-hetero) is 1. The zero-order valence-electron chi connectivity index (χ0n) is 13.8. The summed E-state index contributed by atoms with van der Waals surface area (Å²) in [5, 5.41) is 0.798. The highest BCUT2D eigenvalue weighted by molar-refractivity contribution is 6.36. The third kappa shape index (κ3) is 4.37. The van der Waals surface area contributed by atoms with Crippen LogP contribution < -0.4 is 0 Å². The molecule has 0 saturated heterocycles. The van der Waals surface area contributed by atoms with E-state index in [0.717, 1.165) is 16.7 Å². The lowest BCUT2D eigenvalue weighted by atomic mass is 9.98. The molecule has 3 nitrogen and oxygen atoms in total. The third-order valence-electron chi connectivity index (χ3n) is 3.89. The van der Waals surface area contributed by atoms with Crippen LogP contribution in [0, 0.1) is 20.8 Å². The second kappa shape index (κ2) is 7.82. The van der Waals surface area contributed by atoms with Gasteiger partial charge in [-0.1, -0.05) is 35.3 Å². The molecule has 0 saturated carbocycles. The molecule has 0 radical (unpaired) electrons. The van der Waals surface area contributed by atoms with Crippen LogP contribution in [0.1, 0.15) is 32.6 Å². The van der Waals surface area contributed by atoms with E-state index in [4.69, 9.17) is 27.9 Å². The smallest absolute Gasteiger partial charge is 0.310 e. The molecule has 5 heteroatoms. The molecular formula is C19H18Cl2O3. The van der Waals surface area contributed by atoms with E-state index in [0.29, 0.717) is 21.2 Å². The predicted molar refractivity (Wildman–Crippen MR) is 96.1 cm³/mol. The van der Waals surface area contributed by atoms with Gasteiger partial charge in [-0.3, -0.25) is 9.59 Å². The second-order valence-corrected chi connectivity index (χ2v) is 6.53. The largest absolute Gasteiger partial charge is 0.457 e. The van der Waals surface area contributed by atoms with Gasteiger partial charge < -0.3 is 4.74 Å². The molecule has 0 bridgehead atoms. The van der Waals surface area contributed by atoms with Gasteiger partial charge in [0.15, 0.2) is 6.61 Å². The highest BCUT2D eigenvalue weighted by Gasteiger charge is 2.16. The van der Waals surface area contributed by atoms with E-state index in [1.54, 1.807) is 18.2 Å². The average molecular weight is 365 g/mol. The van der Waals surface area contributed by atoms with Gasteiger partial charge in [0.2, 0.25) is 5.78 Å². The van der Waals surface area contributed by atoms with Crippen molar-refractivity contribution in [3.63, 3.8) is 0 Å². The molecule has 2 rings (SSSR count). The number of ketones is 1. The minimum atomic E-state index is -0.542. The Labute approximate surface area is 151 Å². The molecule has 0 aliphatic rings. The molecule has 0 aliphatic heterocycles. The van der Waals surface area contributed by atoms with Crippen molar-refractivity contribution in [2.45, 2.75) is 27.2 Å². The molecule has 24 heavy (non-hydrogen) atoms. The third-order valence-corrected chi connectivity index (χ3v) is 4.60. The van der Waals surface area contributed by atoms with Gasteiger partial charge >= 0.3 is 5.97 Å². The first-order chi connectivity index (χ1) is 11.3. The van der Waals surface area contributed by atoms with Crippen LogP contribution in [0.3, 0.4) is 0 Å². The van der Waals surface area contributed by atoms with E-state index in [9.17, 15) is 9.59 Å². The number of carbonyl (C=O) groups excluding carboxylic acids is 2. The number of benzene rings is 2. The first-order valence-electron chi connectivity index (χ1n) is 7.49. The molecule has 126 valence electrons. The van der Waals surface area contributed by atoms with Crippen molar-refractivity contribution in [3.8, 4) is 0 Å². The molecule has 2 aromatic carbocycles. The van der Waals surface area contributed by atoms with Crippen LogP contribution in [-0.4, -0.2) is 18.4 Å². The van der Waals surface area contributed by atoms with Gasteiger partial charge in [0.05, 0.1) is 6.42 Å². The Balaban J connectivity index is 2.02. The van der Waals surface area contributed by atoms with Crippen molar-refractivity contribution in [2.24, 2.45) is 0 Å². The van der Waals surface area contributed by atoms with Crippen molar-refractivity contribution in [3.05, 3.63) is 68.2 Å². The number of ether oxygens (including phenoxy) is 1. The highest BCUT2D eigenvalue weighted by Crippen LogP contribution is 2.25. The van der Waals surface area contributed by atoms with Crippen molar-refractivity contribution in [2.75, 3.05) is 6.61 Å². The maximum Gasteiger partial charge on any atom is 0.310 e. The normalized spacial score (nSPS) is 10.5. The van der Waals surface area contributed by atoms with Crippen LogP contribution in [0.4, 0.5) is 0 Å². The Kier molecular flexibility index (Phi) is 6.03. The fourth-order valence-corrected chi connectivity index (χ4v) is 2.91. The fourth-order valence-electron chi connectivity index (χ4n) is 2.38. The zero-order valence-corrected chi connectivity index (χ0v) is 15.3. The lowest BCUT2D eigenvalue weighted by molar-refractivity contribution is -0.141. The van der Waals surface area contributed by atoms with Gasteiger partial charge in [0.1, 0.15) is 0 Å². The zero-order chi connectivity index (χ0) is 17.9. The molecule has 0 fully saturated rings. The summed E-state index contributed by atoms with van der Waals surface area (Å²) < 4.78 is 5.09. The minimum Gasteiger partial charge on any atom is -0.457 e. The average Bonchev–Trinajstić information content (AvgIpc) is 2.52. The lowest BCUT2D eigenvalue weighted by Crippen LogP contribution is -2.17. The molecule has 0 atom stereocenters. The molecular weight excluding hydrogens is 347 g/mol. The van der Waals surface area contributed by atoms with Gasteiger partial charge in [-0.25, -0.2) is 0 Å². The summed E-state index contributed by atoms with van der Waals surface area (Å²) in [5.41, 5.74) is 4.09. The van der Waals surface area contributed by atoms with Gasteiger partial charge in [-0.05, 0) is 55.7 Å². The van der Waals surface area contributed by atoms with Crippen LogP contribution in [-0.2, 0) is 16.0 Å². The first-order valence-corrected chi connectivity index (χ1v) is 8.24. The molecule has 0 spiro atoms. The van der Waals surface area contributed by atoms with E-state index in [1.165, 1.54) is 0 Å². The van der Waals surface area contributed by atoms with Crippen LogP contribution in [0.25, 0.3) is 0 Å². The predicted octanol–water partition coefficient (Wildman–Crippen LogP) is 4.89. The summed E-state index contributed by atoms with van der Waals surface area (Å²) in [5.74, 6) is -0.769. The van der Waals surface area contributed by atoms with Crippen LogP contribution in [0.5, 0.6) is 0 Å². The van der Waals surface area contributed by atoms with E-state index in [2.05, 4.69) is 0 Å². The van der Waals surface area contributed by atoms with Gasteiger partial charge in [-0.2, -0.15) is 0 Å². The second-order valence-electron chi connectivity index (χ2n) is 5.71. The van der Waals surface area contributed by atoms with Crippen molar-refractivity contribution in [1.29, 1.82) is 0 Å². The standard InChI is InChI=1S/C19H18Cl2O3/c1-11-7-13(3)14(8-12(11)2)18(22)10-24-19(23)9-15-16(20)5-4-6-17(15)21/h4-8H,9-10H2,1-3H3. The number of rotatable bonds is 5. The Morgan fingerprint density at radius 1 is 0.958 bits per heavy atom. The molecule has 0 amide bonds. The Bertz CT molecular complexity index is 777. The summed E-state index contributed by atoms with van der Waals surface area (Å²) in [6, 6.07) is 8.78. The Hall–Kier alpha value is -1.84. The number of hydrogen-bond acceptors (Lipinski definition) is 3. The Morgan fingerprint density at radius 2 is 1.54 bits per heavy atom. The Morgan fingerprint density at radius 3 is 2.17 bits per heavy atom. The van der Waals surface area contributed by atoms with E-state index < -0.39 is 5.97 Å². The summed E-state index contributed by atoms with van der Waals surface area (Å²) >= 11 is 12.1. The molecule has 0 aliphatic carbocycles. The summed E-state index contributed by atoms with van der Waals surface area (Å²) in [7, 11) is 0. The van der Waals surface area contributed by atoms with Crippen LogP contribution in [0.2, 0.25) is 10.0 Å². The van der Waals surface area contributed by atoms with E-state index in [-0.39, 0.29) is 18.8 Å². The van der Waals surface area contributed by atoms with Crippen LogP contribution in [0.15, 0.2) is 30.3 Å². The molecule has 2 aromatic rings. The topological polar surface area (TPSA) is 43.4 Å². The number of carbonyl (C=O) groups is 2. The molecule has 0 heterocycles. The van der Waals surface area contributed by atoms with Crippen molar-refractivity contribution in [1.82, 2.24) is 0 Å². The highest BCUT2D eigenvalue weighted by atomic mass is 35.5. The maximum atomic E-state index is 12.3. The van der Waals surface area contributed by atoms with Crippen molar-refractivity contribution < 1.29 is 14.3 Å². The van der Waals surface area contributed by atoms with Gasteiger partial charge in [0.25, 0.3) is 0 Å². The first kappa shape index (κ1) is 18.5. The van der Waals surface area contributed by atoms with Crippen LogP contribution >= 0.6 is 23.2 Å².